The second-order valence-corrected chi connectivity index (χ2v) is 7.46. The number of aliphatic imine (C=N–C) groups is 1. The third-order valence-electron chi connectivity index (χ3n) is 5.11. The molecule has 0 aliphatic rings. The molecule has 4 rings (SSSR count). The maximum atomic E-state index is 4.76. The molecule has 0 amide bonds. The lowest BCUT2D eigenvalue weighted by atomic mass is 10.1. The molecule has 168 valence electrons. The molecule has 0 aliphatic carbocycles. The van der Waals surface area contributed by atoms with E-state index < -0.39 is 0 Å². The molecule has 0 fully saturated rings. The highest BCUT2D eigenvalue weighted by Crippen LogP contribution is 2.15. The summed E-state index contributed by atoms with van der Waals surface area (Å²) in [7, 11) is 0. The maximum Gasteiger partial charge on any atom is 0.191 e. The van der Waals surface area contributed by atoms with Crippen molar-refractivity contribution in [1.82, 2.24) is 30.0 Å². The summed E-state index contributed by atoms with van der Waals surface area (Å²) < 4.78 is 4.13. The van der Waals surface area contributed by atoms with Gasteiger partial charge in [0.05, 0.1) is 13.1 Å². The van der Waals surface area contributed by atoms with E-state index in [1.165, 1.54) is 22.0 Å². The molecule has 2 aromatic heterocycles. The molecular weight excluding hydrogens is 513 g/mol. The van der Waals surface area contributed by atoms with Crippen molar-refractivity contribution in [2.45, 2.75) is 33.0 Å². The van der Waals surface area contributed by atoms with Crippen molar-refractivity contribution in [3.8, 4) is 0 Å². The zero-order valence-electron chi connectivity index (χ0n) is 18.3. The minimum absolute atomic E-state index is 0. The predicted molar refractivity (Wildman–Crippen MR) is 140 cm³/mol. The van der Waals surface area contributed by atoms with Crippen molar-refractivity contribution < 1.29 is 0 Å². The Morgan fingerprint density at radius 3 is 2.75 bits per heavy atom. The van der Waals surface area contributed by atoms with Gasteiger partial charge in [-0.2, -0.15) is 5.10 Å². The van der Waals surface area contributed by atoms with Crippen LogP contribution in [0.3, 0.4) is 0 Å². The zero-order chi connectivity index (χ0) is 21.3. The largest absolute Gasteiger partial charge is 0.357 e. The number of guanidine groups is 1. The van der Waals surface area contributed by atoms with Crippen LogP contribution in [0.2, 0.25) is 0 Å². The highest BCUT2D eigenvalue weighted by molar-refractivity contribution is 14.0. The lowest BCUT2D eigenvalue weighted by Gasteiger charge is -2.12. The third kappa shape index (κ3) is 6.56. The van der Waals surface area contributed by atoms with E-state index in [0.717, 1.165) is 32.0 Å². The first-order valence-electron chi connectivity index (χ1n) is 10.8. The van der Waals surface area contributed by atoms with Gasteiger partial charge in [0, 0.05) is 31.3 Å². The summed E-state index contributed by atoms with van der Waals surface area (Å²) in [4.78, 5) is 8.76. The van der Waals surface area contributed by atoms with Gasteiger partial charge in [-0.25, -0.2) is 14.7 Å². The predicted octanol–water partition coefficient (Wildman–Crippen LogP) is 4.04. The van der Waals surface area contributed by atoms with E-state index >= 15 is 0 Å². The Morgan fingerprint density at radius 2 is 1.91 bits per heavy atom. The molecule has 0 aliphatic heterocycles. The highest BCUT2D eigenvalue weighted by Gasteiger charge is 2.02. The molecule has 0 radical (unpaired) electrons. The van der Waals surface area contributed by atoms with E-state index in [9.17, 15) is 0 Å². The maximum absolute atomic E-state index is 4.76. The first-order valence-corrected chi connectivity index (χ1v) is 10.8. The lowest BCUT2D eigenvalue weighted by molar-refractivity contribution is 0.641. The molecule has 2 N–H and O–H groups in total. The molecule has 0 saturated carbocycles. The fraction of sp³-hybridized carbons (Fsp3) is 0.292. The number of aryl methyl sites for hydroxylation is 1. The number of para-hydroxylation sites is 1. The monoisotopic (exact) mass is 543 g/mol. The van der Waals surface area contributed by atoms with Gasteiger partial charge >= 0.3 is 0 Å². The highest BCUT2D eigenvalue weighted by atomic mass is 127. The molecule has 8 heteroatoms. The third-order valence-corrected chi connectivity index (χ3v) is 5.11. The molecule has 2 aromatic carbocycles. The number of hydrogen-bond acceptors (Lipinski definition) is 3. The van der Waals surface area contributed by atoms with Gasteiger partial charge in [0.2, 0.25) is 0 Å². The first-order chi connectivity index (χ1) is 15.3. The van der Waals surface area contributed by atoms with Crippen LogP contribution in [0.15, 0.2) is 78.4 Å². The van der Waals surface area contributed by atoms with E-state index in [1.807, 2.05) is 4.68 Å². The van der Waals surface area contributed by atoms with Crippen LogP contribution < -0.4 is 10.6 Å². The minimum Gasteiger partial charge on any atom is -0.357 e. The van der Waals surface area contributed by atoms with Crippen LogP contribution in [0.25, 0.3) is 10.9 Å². The number of hydrogen-bond donors (Lipinski definition) is 2. The van der Waals surface area contributed by atoms with Gasteiger partial charge in [0.1, 0.15) is 12.7 Å². The number of benzene rings is 2. The fourth-order valence-electron chi connectivity index (χ4n) is 3.63. The number of halogens is 1. The summed E-state index contributed by atoms with van der Waals surface area (Å²) in [5.41, 5.74) is 3.65. The molecular formula is C24H30IN7. The van der Waals surface area contributed by atoms with E-state index in [1.54, 1.807) is 12.7 Å². The van der Waals surface area contributed by atoms with Gasteiger partial charge in [0.15, 0.2) is 5.96 Å². The van der Waals surface area contributed by atoms with E-state index in [2.05, 4.69) is 93.0 Å². The standard InChI is InChI=1S/C24H29N7.HI/c1-2-26-24(27-12-6-13-30-14-11-22-9-3-4-10-23(22)30)28-16-20-7-5-8-21(15-20)17-31-19-25-18-29-31;/h3-5,7-11,14-15,18-19H,2,6,12-13,16-17H2,1H3,(H2,26,27,28);1H. The topological polar surface area (TPSA) is 72.1 Å². The van der Waals surface area contributed by atoms with Crippen LogP contribution in [-0.2, 0) is 19.6 Å². The molecule has 0 unspecified atom stereocenters. The Kier molecular flexibility index (Phi) is 9.09. The molecule has 0 atom stereocenters. The number of nitrogens with one attached hydrogen (secondary N) is 2. The average molecular weight is 543 g/mol. The van der Waals surface area contributed by atoms with Crippen LogP contribution in [0, 0.1) is 0 Å². The second-order valence-electron chi connectivity index (χ2n) is 7.46. The molecule has 2 heterocycles. The summed E-state index contributed by atoms with van der Waals surface area (Å²) in [6.45, 7) is 6.10. The summed E-state index contributed by atoms with van der Waals surface area (Å²) in [5.74, 6) is 0.849. The van der Waals surface area contributed by atoms with Crippen LogP contribution in [-0.4, -0.2) is 38.4 Å². The van der Waals surface area contributed by atoms with Crippen LogP contribution in [0.4, 0.5) is 0 Å². The lowest BCUT2D eigenvalue weighted by Crippen LogP contribution is -2.38. The summed E-state index contributed by atoms with van der Waals surface area (Å²) >= 11 is 0. The minimum atomic E-state index is 0. The first kappa shape index (κ1) is 23.8. The number of fused-ring (bicyclic) bond motifs is 1. The number of nitrogens with zero attached hydrogens (tertiary/aromatic N) is 5. The molecule has 4 aromatic rings. The zero-order valence-corrected chi connectivity index (χ0v) is 20.6. The Hall–Kier alpha value is -2.88. The normalized spacial score (nSPS) is 11.3. The molecule has 32 heavy (non-hydrogen) atoms. The van der Waals surface area contributed by atoms with Crippen molar-refractivity contribution in [3.63, 3.8) is 0 Å². The van der Waals surface area contributed by atoms with Crippen molar-refractivity contribution >= 4 is 40.8 Å². The average Bonchev–Trinajstić information content (AvgIpc) is 3.45. The van der Waals surface area contributed by atoms with Crippen molar-refractivity contribution in [3.05, 3.63) is 84.6 Å². The van der Waals surface area contributed by atoms with Crippen LogP contribution in [0.5, 0.6) is 0 Å². The summed E-state index contributed by atoms with van der Waals surface area (Å²) in [5, 5.41) is 12.3. The summed E-state index contributed by atoms with van der Waals surface area (Å²) in [6.07, 6.45) is 6.47. The van der Waals surface area contributed by atoms with Crippen molar-refractivity contribution in [1.29, 1.82) is 0 Å². The fourth-order valence-corrected chi connectivity index (χ4v) is 3.63. The Bertz CT molecular complexity index is 1120. The van der Waals surface area contributed by atoms with Crippen LogP contribution >= 0.6 is 24.0 Å². The van der Waals surface area contributed by atoms with E-state index in [4.69, 9.17) is 4.99 Å². The second kappa shape index (κ2) is 12.2. The number of rotatable bonds is 9. The SMILES string of the molecule is CCNC(=NCc1cccc(Cn2cncn2)c1)NCCCn1ccc2ccccc21.I. The van der Waals surface area contributed by atoms with Gasteiger partial charge in [-0.05, 0) is 42.0 Å². The van der Waals surface area contributed by atoms with Crippen molar-refractivity contribution in [2.24, 2.45) is 4.99 Å². The van der Waals surface area contributed by atoms with Gasteiger partial charge in [-0.3, -0.25) is 0 Å². The smallest absolute Gasteiger partial charge is 0.191 e. The van der Waals surface area contributed by atoms with Gasteiger partial charge in [-0.15, -0.1) is 24.0 Å². The molecule has 0 saturated heterocycles. The van der Waals surface area contributed by atoms with Gasteiger partial charge in [0.25, 0.3) is 0 Å². The Balaban J connectivity index is 0.00000289. The van der Waals surface area contributed by atoms with Gasteiger partial charge in [-0.1, -0.05) is 42.5 Å². The van der Waals surface area contributed by atoms with Gasteiger partial charge < -0.3 is 15.2 Å². The molecule has 0 bridgehead atoms. The summed E-state index contributed by atoms with van der Waals surface area (Å²) in [6, 6.07) is 19.1. The molecule has 7 nitrogen and oxygen atoms in total. The molecule has 0 spiro atoms. The van der Waals surface area contributed by atoms with Crippen molar-refractivity contribution in [2.75, 3.05) is 13.1 Å². The Labute approximate surface area is 206 Å². The quantitative estimate of drug-likeness (QED) is 0.145. The van der Waals surface area contributed by atoms with E-state index in [-0.39, 0.29) is 24.0 Å². The Morgan fingerprint density at radius 1 is 1.03 bits per heavy atom. The van der Waals surface area contributed by atoms with E-state index in [0.29, 0.717) is 13.1 Å². The number of aromatic nitrogens is 4. The van der Waals surface area contributed by atoms with Crippen LogP contribution in [0.1, 0.15) is 24.5 Å².